The van der Waals surface area contributed by atoms with Crippen LogP contribution in [0.1, 0.15) is 15.9 Å². The molecule has 0 fully saturated rings. The van der Waals surface area contributed by atoms with Crippen molar-refractivity contribution in [2.24, 2.45) is 0 Å². The average Bonchev–Trinajstić information content (AvgIpc) is 2.74. The van der Waals surface area contributed by atoms with E-state index in [9.17, 15) is 13.2 Å². The van der Waals surface area contributed by atoms with E-state index in [0.717, 1.165) is 5.56 Å². The molecule has 1 amide bonds. The Kier molecular flexibility index (Phi) is 6.54. The number of hydrogen-bond acceptors (Lipinski definition) is 4. The number of rotatable bonds is 8. The quantitative estimate of drug-likeness (QED) is 0.519. The fraction of sp³-hybridized carbons (Fsp3) is 0.0870. The van der Waals surface area contributed by atoms with Crippen LogP contribution in [0.3, 0.4) is 0 Å². The van der Waals surface area contributed by atoms with Crippen LogP contribution >= 0.6 is 0 Å². The Morgan fingerprint density at radius 3 is 2.13 bits per heavy atom. The zero-order chi connectivity index (χ0) is 21.6. The van der Waals surface area contributed by atoms with Crippen LogP contribution in [-0.2, 0) is 10.0 Å². The summed E-state index contributed by atoms with van der Waals surface area (Å²) in [5, 5.41) is 2.79. The number of carbonyl (C=O) groups excluding carboxylic acids is 1. The van der Waals surface area contributed by atoms with Gasteiger partial charge in [-0.05, 0) is 67.6 Å². The summed E-state index contributed by atoms with van der Waals surface area (Å²) in [4.78, 5) is 12.6. The van der Waals surface area contributed by atoms with E-state index in [4.69, 9.17) is 4.74 Å². The Labute approximate surface area is 176 Å². The molecule has 0 unspecified atom stereocenters. The second kappa shape index (κ2) is 9.28. The molecule has 0 aliphatic rings. The minimum atomic E-state index is -3.69. The molecule has 154 valence electrons. The van der Waals surface area contributed by atoms with Gasteiger partial charge >= 0.3 is 0 Å². The van der Waals surface area contributed by atoms with Crippen molar-refractivity contribution in [1.82, 2.24) is 0 Å². The van der Waals surface area contributed by atoms with Crippen molar-refractivity contribution in [3.63, 3.8) is 0 Å². The lowest BCUT2D eigenvalue weighted by Gasteiger charge is -2.10. The molecule has 0 atom stereocenters. The van der Waals surface area contributed by atoms with Crippen molar-refractivity contribution in [2.45, 2.75) is 11.8 Å². The Hall–Kier alpha value is -3.58. The largest absolute Gasteiger partial charge is 0.490 e. The second-order valence-corrected chi connectivity index (χ2v) is 8.26. The number of aryl methyl sites for hydroxylation is 1. The van der Waals surface area contributed by atoms with E-state index >= 15 is 0 Å². The third-order valence-corrected chi connectivity index (χ3v) is 5.61. The van der Waals surface area contributed by atoms with Crippen molar-refractivity contribution in [3.05, 3.63) is 96.6 Å². The van der Waals surface area contributed by atoms with Gasteiger partial charge in [-0.2, -0.15) is 0 Å². The van der Waals surface area contributed by atoms with E-state index in [2.05, 4.69) is 16.6 Å². The van der Waals surface area contributed by atoms with Crippen LogP contribution in [0.5, 0.6) is 5.75 Å². The predicted molar refractivity (Wildman–Crippen MR) is 119 cm³/mol. The fourth-order valence-electron chi connectivity index (χ4n) is 2.61. The highest BCUT2D eigenvalue weighted by Crippen LogP contribution is 2.19. The van der Waals surface area contributed by atoms with E-state index in [-0.39, 0.29) is 10.8 Å². The smallest absolute Gasteiger partial charge is 0.261 e. The minimum Gasteiger partial charge on any atom is -0.490 e. The molecule has 0 radical (unpaired) electrons. The molecule has 2 N–H and O–H groups in total. The van der Waals surface area contributed by atoms with Crippen LogP contribution in [-0.4, -0.2) is 20.9 Å². The molecule has 0 heterocycles. The Morgan fingerprint density at radius 2 is 1.53 bits per heavy atom. The number of ether oxygens (including phenoxy) is 1. The van der Waals surface area contributed by atoms with Crippen LogP contribution < -0.4 is 14.8 Å². The minimum absolute atomic E-state index is 0.176. The number of benzene rings is 3. The summed E-state index contributed by atoms with van der Waals surface area (Å²) >= 11 is 0. The lowest BCUT2D eigenvalue weighted by molar-refractivity contribution is 0.102. The van der Waals surface area contributed by atoms with Crippen molar-refractivity contribution in [2.75, 3.05) is 16.6 Å². The van der Waals surface area contributed by atoms with Gasteiger partial charge in [-0.15, -0.1) is 0 Å². The molecule has 30 heavy (non-hydrogen) atoms. The van der Waals surface area contributed by atoms with Crippen molar-refractivity contribution < 1.29 is 17.9 Å². The molecule has 0 aliphatic heterocycles. The van der Waals surface area contributed by atoms with Gasteiger partial charge < -0.3 is 10.1 Å². The van der Waals surface area contributed by atoms with E-state index in [0.29, 0.717) is 29.3 Å². The first kappa shape index (κ1) is 21.1. The van der Waals surface area contributed by atoms with E-state index in [1.807, 2.05) is 6.92 Å². The molecule has 0 saturated heterocycles. The Balaban J connectivity index is 1.64. The molecule has 3 rings (SSSR count). The molecule has 0 bridgehead atoms. The van der Waals surface area contributed by atoms with Gasteiger partial charge in [0.15, 0.2) is 0 Å². The maximum Gasteiger partial charge on any atom is 0.261 e. The molecule has 0 aromatic heterocycles. The monoisotopic (exact) mass is 422 g/mol. The number of carbonyl (C=O) groups is 1. The number of amides is 1. The summed E-state index contributed by atoms with van der Waals surface area (Å²) in [6.07, 6.45) is 1.65. The molecule has 0 saturated carbocycles. The fourth-order valence-corrected chi connectivity index (χ4v) is 3.67. The van der Waals surface area contributed by atoms with Gasteiger partial charge in [0.05, 0.1) is 4.90 Å². The van der Waals surface area contributed by atoms with Gasteiger partial charge in [0.25, 0.3) is 15.9 Å². The Morgan fingerprint density at radius 1 is 0.933 bits per heavy atom. The zero-order valence-corrected chi connectivity index (χ0v) is 17.3. The number of anilines is 2. The van der Waals surface area contributed by atoms with Gasteiger partial charge in [-0.1, -0.05) is 30.4 Å². The van der Waals surface area contributed by atoms with Gasteiger partial charge in [-0.3, -0.25) is 9.52 Å². The van der Waals surface area contributed by atoms with Crippen LogP contribution in [0.2, 0.25) is 0 Å². The number of hydrogen-bond donors (Lipinski definition) is 2. The van der Waals surface area contributed by atoms with Crippen molar-refractivity contribution >= 4 is 27.3 Å². The summed E-state index contributed by atoms with van der Waals surface area (Å²) < 4.78 is 32.8. The normalized spacial score (nSPS) is 10.8. The summed E-state index contributed by atoms with van der Waals surface area (Å²) in [5.74, 6) is 0.376. The first-order valence-electron chi connectivity index (χ1n) is 9.22. The first-order valence-corrected chi connectivity index (χ1v) is 10.7. The third-order valence-electron chi connectivity index (χ3n) is 4.21. The van der Waals surface area contributed by atoms with Crippen LogP contribution in [0, 0.1) is 6.92 Å². The average molecular weight is 423 g/mol. The Bertz CT molecular complexity index is 1120. The molecule has 0 aliphatic carbocycles. The highest BCUT2D eigenvalue weighted by atomic mass is 32.2. The summed E-state index contributed by atoms with van der Waals surface area (Å²) in [7, 11) is -3.69. The summed E-state index contributed by atoms with van der Waals surface area (Å²) in [6, 6.07) is 19.8. The maximum atomic E-state index is 12.5. The molecular formula is C23H22N2O4S. The number of nitrogens with one attached hydrogen (secondary N) is 2. The topological polar surface area (TPSA) is 84.5 Å². The van der Waals surface area contributed by atoms with Gasteiger partial charge in [0.1, 0.15) is 12.4 Å². The SMILES string of the molecule is C=CCOc1ccc(NC(=O)c2ccc(NS(=O)(=O)c3ccc(C)cc3)cc2)cc1. The predicted octanol–water partition coefficient (Wildman–Crippen LogP) is 4.61. The van der Waals surface area contributed by atoms with Crippen LogP contribution in [0.4, 0.5) is 11.4 Å². The van der Waals surface area contributed by atoms with Crippen molar-refractivity contribution in [1.29, 1.82) is 0 Å². The summed E-state index contributed by atoms with van der Waals surface area (Å²) in [6.45, 7) is 5.89. The van der Waals surface area contributed by atoms with Gasteiger partial charge in [-0.25, -0.2) is 8.42 Å². The highest BCUT2D eigenvalue weighted by Gasteiger charge is 2.14. The summed E-state index contributed by atoms with van der Waals surface area (Å²) in [5.41, 5.74) is 2.37. The zero-order valence-electron chi connectivity index (χ0n) is 16.5. The second-order valence-electron chi connectivity index (χ2n) is 6.57. The lowest BCUT2D eigenvalue weighted by Crippen LogP contribution is -2.14. The molecular weight excluding hydrogens is 400 g/mol. The lowest BCUT2D eigenvalue weighted by atomic mass is 10.2. The van der Waals surface area contributed by atoms with Crippen LogP contribution in [0.25, 0.3) is 0 Å². The molecule has 3 aromatic rings. The molecule has 6 nitrogen and oxygen atoms in total. The molecule has 3 aromatic carbocycles. The third kappa shape index (κ3) is 5.48. The van der Waals surface area contributed by atoms with Gasteiger partial charge in [0, 0.05) is 16.9 Å². The first-order chi connectivity index (χ1) is 14.4. The van der Waals surface area contributed by atoms with E-state index < -0.39 is 10.0 Å². The van der Waals surface area contributed by atoms with E-state index in [1.54, 1.807) is 78.9 Å². The van der Waals surface area contributed by atoms with Crippen LogP contribution in [0.15, 0.2) is 90.3 Å². The highest BCUT2D eigenvalue weighted by molar-refractivity contribution is 7.92. The van der Waals surface area contributed by atoms with Crippen molar-refractivity contribution in [3.8, 4) is 5.75 Å². The molecule has 0 spiro atoms. The van der Waals surface area contributed by atoms with E-state index in [1.165, 1.54) is 0 Å². The van der Waals surface area contributed by atoms with Gasteiger partial charge in [0.2, 0.25) is 0 Å². The standard InChI is InChI=1S/C23H22N2O4S/c1-3-16-29-21-12-10-19(11-13-21)24-23(26)18-6-8-20(9-7-18)25-30(27,28)22-14-4-17(2)5-15-22/h3-15,25H,1,16H2,2H3,(H,24,26). The molecule has 7 heteroatoms. The number of sulfonamides is 1. The maximum absolute atomic E-state index is 12.5.